The molecule has 0 amide bonds. The van der Waals surface area contributed by atoms with Crippen molar-refractivity contribution in [1.29, 1.82) is 0 Å². The number of allylic oxidation sites excluding steroid dienone is 1. The van der Waals surface area contributed by atoms with Crippen molar-refractivity contribution in [2.45, 2.75) is 13.0 Å². The van der Waals surface area contributed by atoms with Gasteiger partial charge in [0.2, 0.25) is 5.82 Å². The lowest BCUT2D eigenvalue weighted by Gasteiger charge is -2.04. The second-order valence-corrected chi connectivity index (χ2v) is 3.97. The molecule has 0 atom stereocenters. The van der Waals surface area contributed by atoms with Gasteiger partial charge in [-0.05, 0) is 5.56 Å². The first-order valence-corrected chi connectivity index (χ1v) is 5.65. The summed E-state index contributed by atoms with van der Waals surface area (Å²) in [7, 11) is 0. The van der Waals surface area contributed by atoms with E-state index in [1.807, 2.05) is 30.3 Å². The van der Waals surface area contributed by atoms with Crippen LogP contribution in [-0.4, -0.2) is 20.6 Å². The van der Waals surface area contributed by atoms with Crippen LogP contribution < -0.4 is 0 Å². The van der Waals surface area contributed by atoms with Crippen molar-refractivity contribution in [2.24, 2.45) is 0 Å². The topological polar surface area (TPSA) is 55.1 Å². The number of aromatic carboxylic acids is 1. The van der Waals surface area contributed by atoms with E-state index in [0.717, 1.165) is 11.3 Å². The molecule has 1 N–H and O–H groups in total. The van der Waals surface area contributed by atoms with Crippen LogP contribution in [0, 0.1) is 0 Å². The third-order valence-electron chi connectivity index (χ3n) is 2.57. The van der Waals surface area contributed by atoms with Crippen LogP contribution in [0.1, 0.15) is 21.9 Å². The Morgan fingerprint density at radius 3 is 2.72 bits per heavy atom. The molecule has 0 aliphatic carbocycles. The third kappa shape index (κ3) is 2.66. The van der Waals surface area contributed by atoms with Crippen LogP contribution in [0.2, 0.25) is 0 Å². The minimum Gasteiger partial charge on any atom is -0.475 e. The average Bonchev–Trinajstić information content (AvgIpc) is 2.74. The number of carboxylic acids is 1. The molecular formula is C14H14N2O2. The predicted octanol–water partition coefficient (Wildman–Crippen LogP) is 2.36. The molecule has 92 valence electrons. The van der Waals surface area contributed by atoms with Gasteiger partial charge in [-0.2, -0.15) is 0 Å². The van der Waals surface area contributed by atoms with Crippen LogP contribution in [0.4, 0.5) is 0 Å². The highest BCUT2D eigenvalue weighted by Gasteiger charge is 2.14. The van der Waals surface area contributed by atoms with Gasteiger partial charge in [0.05, 0.1) is 5.69 Å². The first kappa shape index (κ1) is 12.1. The van der Waals surface area contributed by atoms with E-state index in [-0.39, 0.29) is 5.82 Å². The lowest BCUT2D eigenvalue weighted by Crippen LogP contribution is -2.09. The highest BCUT2D eigenvalue weighted by molar-refractivity contribution is 5.83. The molecule has 1 heterocycles. The summed E-state index contributed by atoms with van der Waals surface area (Å²) >= 11 is 0. The minimum atomic E-state index is -1.01. The monoisotopic (exact) mass is 242 g/mol. The number of imidazole rings is 1. The van der Waals surface area contributed by atoms with Crippen molar-refractivity contribution in [3.63, 3.8) is 0 Å². The van der Waals surface area contributed by atoms with E-state index in [1.54, 1.807) is 16.8 Å². The highest BCUT2D eigenvalue weighted by Crippen LogP contribution is 2.09. The quantitative estimate of drug-likeness (QED) is 0.819. The first-order valence-electron chi connectivity index (χ1n) is 5.65. The number of carbonyl (C=O) groups is 1. The van der Waals surface area contributed by atoms with Gasteiger partial charge in [-0.1, -0.05) is 36.4 Å². The van der Waals surface area contributed by atoms with Gasteiger partial charge >= 0.3 is 5.97 Å². The van der Waals surface area contributed by atoms with Crippen molar-refractivity contribution in [1.82, 2.24) is 9.55 Å². The highest BCUT2D eigenvalue weighted by atomic mass is 16.4. The second-order valence-electron chi connectivity index (χ2n) is 3.97. The molecule has 0 saturated heterocycles. The van der Waals surface area contributed by atoms with E-state index >= 15 is 0 Å². The minimum absolute atomic E-state index is 0.0655. The molecule has 0 aliphatic rings. The van der Waals surface area contributed by atoms with Crippen LogP contribution in [0.5, 0.6) is 0 Å². The summed E-state index contributed by atoms with van der Waals surface area (Å²) in [6.07, 6.45) is 4.04. The molecule has 0 unspecified atom stereocenters. The van der Waals surface area contributed by atoms with Crippen LogP contribution in [0.3, 0.4) is 0 Å². The van der Waals surface area contributed by atoms with E-state index in [4.69, 9.17) is 5.11 Å². The summed E-state index contributed by atoms with van der Waals surface area (Å²) in [6.45, 7) is 4.13. The zero-order valence-corrected chi connectivity index (χ0v) is 9.91. The van der Waals surface area contributed by atoms with E-state index in [2.05, 4.69) is 11.6 Å². The van der Waals surface area contributed by atoms with Gasteiger partial charge in [0.25, 0.3) is 0 Å². The molecule has 4 nitrogen and oxygen atoms in total. The van der Waals surface area contributed by atoms with Gasteiger partial charge in [-0.15, -0.1) is 6.58 Å². The van der Waals surface area contributed by atoms with Crippen molar-refractivity contribution >= 4 is 5.97 Å². The number of rotatable bonds is 5. The number of hydrogen-bond donors (Lipinski definition) is 1. The molecule has 0 spiro atoms. The number of aromatic nitrogens is 2. The van der Waals surface area contributed by atoms with E-state index in [0.29, 0.717) is 13.0 Å². The molecule has 0 aliphatic heterocycles. The van der Waals surface area contributed by atoms with E-state index < -0.39 is 5.97 Å². The van der Waals surface area contributed by atoms with Gasteiger partial charge in [-0.25, -0.2) is 9.78 Å². The predicted molar refractivity (Wildman–Crippen MR) is 68.6 cm³/mol. The molecule has 0 saturated carbocycles. The standard InChI is InChI=1S/C14H14N2O2/c1-2-6-12-10-16(13(15-12)14(17)18)9-11-7-4-3-5-8-11/h2-5,7-8,10H,1,6,9H2,(H,17,18). The lowest BCUT2D eigenvalue weighted by molar-refractivity contribution is 0.0678. The zero-order valence-electron chi connectivity index (χ0n) is 9.91. The van der Waals surface area contributed by atoms with E-state index in [1.165, 1.54) is 0 Å². The smallest absolute Gasteiger partial charge is 0.372 e. The summed E-state index contributed by atoms with van der Waals surface area (Å²) in [5.74, 6) is -0.947. The van der Waals surface area contributed by atoms with Crippen molar-refractivity contribution in [3.8, 4) is 0 Å². The van der Waals surface area contributed by atoms with Crippen molar-refractivity contribution in [3.05, 3.63) is 66.3 Å². The van der Waals surface area contributed by atoms with Crippen molar-refractivity contribution < 1.29 is 9.90 Å². The number of benzene rings is 1. The number of nitrogens with zero attached hydrogens (tertiary/aromatic N) is 2. The Labute approximate surface area is 105 Å². The zero-order chi connectivity index (χ0) is 13.0. The average molecular weight is 242 g/mol. The lowest BCUT2D eigenvalue weighted by atomic mass is 10.2. The normalized spacial score (nSPS) is 10.2. The Hall–Kier alpha value is -2.36. The summed E-state index contributed by atoms with van der Waals surface area (Å²) in [6, 6.07) is 9.70. The summed E-state index contributed by atoms with van der Waals surface area (Å²) < 4.78 is 1.65. The van der Waals surface area contributed by atoms with Gasteiger partial charge < -0.3 is 9.67 Å². The Morgan fingerprint density at radius 2 is 2.11 bits per heavy atom. The van der Waals surface area contributed by atoms with Crippen LogP contribution in [0.15, 0.2) is 49.2 Å². The molecule has 4 heteroatoms. The summed E-state index contributed by atoms with van der Waals surface area (Å²) in [4.78, 5) is 15.2. The molecule has 0 fully saturated rings. The molecule has 0 radical (unpaired) electrons. The van der Waals surface area contributed by atoms with Gasteiger partial charge in [0.1, 0.15) is 0 Å². The van der Waals surface area contributed by atoms with Crippen LogP contribution in [-0.2, 0) is 13.0 Å². The fraction of sp³-hybridized carbons (Fsp3) is 0.143. The Balaban J connectivity index is 2.31. The van der Waals surface area contributed by atoms with Gasteiger partial charge in [0.15, 0.2) is 0 Å². The Kier molecular flexibility index (Phi) is 3.57. The summed E-state index contributed by atoms with van der Waals surface area (Å²) in [5.41, 5.74) is 1.76. The maximum absolute atomic E-state index is 11.1. The number of carboxylic acid groups (broad SMARTS) is 1. The van der Waals surface area contributed by atoms with E-state index in [9.17, 15) is 4.79 Å². The SMILES string of the molecule is C=CCc1cn(Cc2ccccc2)c(C(=O)O)n1. The Bertz CT molecular complexity index is 558. The molecule has 0 bridgehead atoms. The van der Waals surface area contributed by atoms with Gasteiger partial charge in [-0.3, -0.25) is 0 Å². The largest absolute Gasteiger partial charge is 0.475 e. The maximum Gasteiger partial charge on any atom is 0.372 e. The molecule has 1 aromatic heterocycles. The second kappa shape index (κ2) is 5.31. The molecule has 2 rings (SSSR count). The fourth-order valence-electron chi connectivity index (χ4n) is 1.79. The third-order valence-corrected chi connectivity index (χ3v) is 2.57. The molecular weight excluding hydrogens is 228 g/mol. The fourth-order valence-corrected chi connectivity index (χ4v) is 1.79. The molecule has 1 aromatic carbocycles. The van der Waals surface area contributed by atoms with Gasteiger partial charge in [0, 0.05) is 19.2 Å². The van der Waals surface area contributed by atoms with Crippen molar-refractivity contribution in [2.75, 3.05) is 0 Å². The van der Waals surface area contributed by atoms with Crippen LogP contribution in [0.25, 0.3) is 0 Å². The first-order chi connectivity index (χ1) is 8.70. The molecule has 2 aromatic rings. The summed E-state index contributed by atoms with van der Waals surface area (Å²) in [5, 5.41) is 9.12. The Morgan fingerprint density at radius 1 is 1.39 bits per heavy atom. The molecule has 18 heavy (non-hydrogen) atoms. The maximum atomic E-state index is 11.1. The number of hydrogen-bond acceptors (Lipinski definition) is 2. The van der Waals surface area contributed by atoms with Crippen LogP contribution >= 0.6 is 0 Å².